The van der Waals surface area contributed by atoms with E-state index in [-0.39, 0.29) is 31.7 Å². The van der Waals surface area contributed by atoms with Gasteiger partial charge in [-0.25, -0.2) is 4.48 Å². The van der Waals surface area contributed by atoms with E-state index in [4.69, 9.17) is 0 Å². The second-order valence-corrected chi connectivity index (χ2v) is 6.22. The lowest BCUT2D eigenvalue weighted by atomic mass is 9.74. The molecule has 1 aliphatic rings. The van der Waals surface area contributed by atoms with E-state index in [0.29, 0.717) is 0 Å². The van der Waals surface area contributed by atoms with Gasteiger partial charge in [-0.1, -0.05) is 6.92 Å². The molecule has 2 N–H and O–H groups in total. The number of quaternary nitrogens is 1. The van der Waals surface area contributed by atoms with Gasteiger partial charge in [0.15, 0.2) is 11.2 Å². The molecule has 1 aliphatic heterocycles. The first-order valence-corrected chi connectivity index (χ1v) is 6.41. The summed E-state index contributed by atoms with van der Waals surface area (Å²) in [7, 11) is 0. The maximum absolute atomic E-state index is 12.0. The number of rotatable bonds is 2. The minimum absolute atomic E-state index is 0.0102. The molecule has 6 heteroatoms. The number of carbonyl (C=O) groups is 3. The Morgan fingerprint density at radius 3 is 2.16 bits per heavy atom. The SMILES string of the molecule is CCC1(C(=O)O)C[N+](C(=O)O)(C(C)(C)C)CCC1=O. The first-order chi connectivity index (χ1) is 8.53. The van der Waals surface area contributed by atoms with Gasteiger partial charge in [-0.2, -0.15) is 4.79 Å². The number of Topliss-reactive ketones (excluding diaryl/α,β-unsaturated/α-hetero) is 1. The number of hydrogen-bond acceptors (Lipinski definition) is 3. The lowest BCUT2D eigenvalue weighted by Gasteiger charge is -2.49. The third kappa shape index (κ3) is 2.14. The van der Waals surface area contributed by atoms with Crippen molar-refractivity contribution in [3.8, 4) is 0 Å². The fourth-order valence-electron chi connectivity index (χ4n) is 2.83. The van der Waals surface area contributed by atoms with Crippen molar-refractivity contribution in [3.63, 3.8) is 0 Å². The Morgan fingerprint density at radius 2 is 1.84 bits per heavy atom. The normalized spacial score (nSPS) is 32.1. The van der Waals surface area contributed by atoms with Crippen molar-refractivity contribution in [2.75, 3.05) is 13.1 Å². The Balaban J connectivity index is 3.38. The number of ketones is 1. The van der Waals surface area contributed by atoms with E-state index in [2.05, 4.69) is 0 Å². The van der Waals surface area contributed by atoms with Gasteiger partial charge in [-0.3, -0.25) is 9.59 Å². The number of likely N-dealkylation sites (tertiary alicyclic amines) is 1. The van der Waals surface area contributed by atoms with Crippen molar-refractivity contribution in [2.24, 2.45) is 5.41 Å². The molecule has 0 bridgehead atoms. The zero-order valence-electron chi connectivity index (χ0n) is 11.9. The first-order valence-electron chi connectivity index (χ1n) is 6.41. The van der Waals surface area contributed by atoms with Crippen molar-refractivity contribution in [3.05, 3.63) is 0 Å². The quantitative estimate of drug-likeness (QED) is 0.590. The lowest BCUT2D eigenvalue weighted by Crippen LogP contribution is -2.72. The largest absolute Gasteiger partial charge is 0.514 e. The van der Waals surface area contributed by atoms with Crippen molar-refractivity contribution < 1.29 is 29.1 Å². The average molecular weight is 272 g/mol. The van der Waals surface area contributed by atoms with Gasteiger partial charge in [0.05, 0.1) is 13.0 Å². The van der Waals surface area contributed by atoms with Gasteiger partial charge in [0.1, 0.15) is 12.1 Å². The highest BCUT2D eigenvalue weighted by molar-refractivity contribution is 6.03. The van der Waals surface area contributed by atoms with Gasteiger partial charge in [-0.15, -0.1) is 0 Å². The van der Waals surface area contributed by atoms with Crippen molar-refractivity contribution in [1.82, 2.24) is 0 Å². The monoisotopic (exact) mass is 272 g/mol. The number of aliphatic carboxylic acids is 1. The van der Waals surface area contributed by atoms with Crippen molar-refractivity contribution >= 4 is 17.8 Å². The molecule has 6 nitrogen and oxygen atoms in total. The van der Waals surface area contributed by atoms with Crippen LogP contribution in [0, 0.1) is 5.41 Å². The van der Waals surface area contributed by atoms with Gasteiger partial charge < -0.3 is 10.2 Å². The van der Waals surface area contributed by atoms with E-state index in [9.17, 15) is 24.6 Å². The molecule has 1 saturated heterocycles. The molecular formula is C13H22NO5+. The van der Waals surface area contributed by atoms with Gasteiger partial charge in [-0.05, 0) is 27.2 Å². The molecule has 0 aromatic rings. The van der Waals surface area contributed by atoms with Crippen LogP contribution >= 0.6 is 0 Å². The maximum Gasteiger partial charge on any atom is 0.514 e. The standard InChI is InChI=1S/C13H21NO5/c1-5-13(10(16)17)8-14(11(18)19,12(2,3)4)7-6-9(13)15/h5-8H2,1-4H3,(H-,16,17,18,19)/p+1. The summed E-state index contributed by atoms with van der Waals surface area (Å²) in [6.07, 6.45) is -0.965. The number of carboxylic acid groups (broad SMARTS) is 2. The van der Waals surface area contributed by atoms with E-state index >= 15 is 0 Å². The van der Waals surface area contributed by atoms with E-state index in [0.717, 1.165) is 0 Å². The number of piperidine rings is 1. The average Bonchev–Trinajstić information content (AvgIpc) is 2.27. The molecule has 0 aromatic carbocycles. The number of carbonyl (C=O) groups excluding carboxylic acids is 1. The van der Waals surface area contributed by atoms with E-state index in [1.807, 2.05) is 0 Å². The molecule has 2 unspecified atom stereocenters. The summed E-state index contributed by atoms with van der Waals surface area (Å²) in [4.78, 5) is 35.3. The molecule has 0 spiro atoms. The molecule has 2 atom stereocenters. The Bertz CT molecular complexity index is 425. The summed E-state index contributed by atoms with van der Waals surface area (Å²) in [5.41, 5.74) is -2.24. The molecule has 1 heterocycles. The summed E-state index contributed by atoms with van der Waals surface area (Å²) < 4.78 is -0.390. The van der Waals surface area contributed by atoms with Crippen LogP contribution in [0.15, 0.2) is 0 Å². The van der Waals surface area contributed by atoms with Crippen LogP contribution in [0.25, 0.3) is 0 Å². The number of hydrogen-bond donors (Lipinski definition) is 2. The van der Waals surface area contributed by atoms with E-state index in [1.54, 1.807) is 27.7 Å². The minimum Gasteiger partial charge on any atom is -0.480 e. The summed E-state index contributed by atoms with van der Waals surface area (Å²) >= 11 is 0. The fraction of sp³-hybridized carbons (Fsp3) is 0.769. The van der Waals surface area contributed by atoms with Gasteiger partial charge in [0.2, 0.25) is 0 Å². The Hall–Kier alpha value is -1.43. The van der Waals surface area contributed by atoms with Crippen molar-refractivity contribution in [2.45, 2.75) is 46.1 Å². The Labute approximate surface area is 112 Å². The molecule has 0 aliphatic carbocycles. The predicted octanol–water partition coefficient (Wildman–Crippen LogP) is 1.73. The summed E-state index contributed by atoms with van der Waals surface area (Å²) in [6.45, 7) is 6.87. The summed E-state index contributed by atoms with van der Waals surface area (Å²) in [5, 5.41) is 19.0. The fourth-order valence-corrected chi connectivity index (χ4v) is 2.83. The second kappa shape index (κ2) is 4.59. The van der Waals surface area contributed by atoms with Crippen LogP contribution in [0.5, 0.6) is 0 Å². The maximum atomic E-state index is 12.0. The van der Waals surface area contributed by atoms with Crippen LogP contribution in [-0.2, 0) is 9.59 Å². The highest BCUT2D eigenvalue weighted by atomic mass is 16.4. The first kappa shape index (κ1) is 15.6. The smallest absolute Gasteiger partial charge is 0.480 e. The molecule has 1 rings (SSSR count). The number of amides is 1. The van der Waals surface area contributed by atoms with Gasteiger partial charge >= 0.3 is 12.1 Å². The highest BCUT2D eigenvalue weighted by Gasteiger charge is 2.61. The molecule has 108 valence electrons. The minimum atomic E-state index is -1.58. The molecule has 0 radical (unpaired) electrons. The van der Waals surface area contributed by atoms with E-state index in [1.165, 1.54) is 0 Å². The zero-order chi connectivity index (χ0) is 15.1. The molecule has 0 saturated carbocycles. The van der Waals surface area contributed by atoms with Crippen LogP contribution < -0.4 is 0 Å². The Kier molecular flexibility index (Phi) is 3.78. The van der Waals surface area contributed by atoms with Crippen molar-refractivity contribution in [1.29, 1.82) is 0 Å². The van der Waals surface area contributed by atoms with Crippen LogP contribution in [0.1, 0.15) is 40.5 Å². The summed E-state index contributed by atoms with van der Waals surface area (Å²) in [5.74, 6) is -1.57. The van der Waals surface area contributed by atoms with Gasteiger partial charge in [0, 0.05) is 0 Å². The van der Waals surface area contributed by atoms with Crippen LogP contribution in [-0.4, -0.2) is 51.2 Å². The second-order valence-electron chi connectivity index (χ2n) is 6.22. The zero-order valence-corrected chi connectivity index (χ0v) is 11.9. The third-order valence-electron chi connectivity index (χ3n) is 4.46. The van der Waals surface area contributed by atoms with Gasteiger partial charge in [0.25, 0.3) is 0 Å². The molecule has 1 amide bonds. The van der Waals surface area contributed by atoms with E-state index < -0.39 is 27.5 Å². The van der Waals surface area contributed by atoms with Crippen LogP contribution in [0.2, 0.25) is 0 Å². The molecule has 1 fully saturated rings. The lowest BCUT2D eigenvalue weighted by molar-refractivity contribution is -0.909. The Morgan fingerprint density at radius 1 is 1.32 bits per heavy atom. The highest BCUT2D eigenvalue weighted by Crippen LogP contribution is 2.39. The number of nitrogens with zero attached hydrogens (tertiary/aromatic N) is 1. The van der Waals surface area contributed by atoms with Crippen LogP contribution in [0.3, 0.4) is 0 Å². The van der Waals surface area contributed by atoms with Crippen LogP contribution in [0.4, 0.5) is 4.79 Å². The molecular weight excluding hydrogens is 250 g/mol. The molecule has 19 heavy (non-hydrogen) atoms. The molecule has 0 aromatic heterocycles. The summed E-state index contributed by atoms with van der Waals surface area (Å²) in [6, 6.07) is 0. The number of carboxylic acids is 1. The predicted molar refractivity (Wildman–Crippen MR) is 67.8 cm³/mol. The third-order valence-corrected chi connectivity index (χ3v) is 4.46. The topological polar surface area (TPSA) is 91.7 Å².